The van der Waals surface area contributed by atoms with E-state index in [1.165, 1.54) is 13.5 Å². The molecule has 2 aromatic heterocycles. The first-order valence-corrected chi connectivity index (χ1v) is 15.9. The number of pyridine rings is 1. The Balaban J connectivity index is 1.44. The molecule has 0 amide bonds. The molecule has 6 rings (SSSR count). The largest absolute Gasteiger partial charge is 0.465 e. The fourth-order valence-corrected chi connectivity index (χ4v) is 7.73. The van der Waals surface area contributed by atoms with Crippen molar-refractivity contribution in [3.8, 4) is 5.69 Å². The number of methoxy groups -OCH3 is 1. The molecule has 9 heteroatoms. The van der Waals surface area contributed by atoms with Crippen LogP contribution in [-0.4, -0.2) is 40.8 Å². The summed E-state index contributed by atoms with van der Waals surface area (Å²) in [6.45, 7) is 10.8. The molecule has 44 heavy (non-hydrogen) atoms. The average Bonchev–Trinajstić information content (AvgIpc) is 3.51. The molecule has 2 aromatic carbocycles. The van der Waals surface area contributed by atoms with E-state index in [1.54, 1.807) is 6.07 Å². The van der Waals surface area contributed by atoms with Crippen molar-refractivity contribution in [3.63, 3.8) is 0 Å². The van der Waals surface area contributed by atoms with Gasteiger partial charge in [0.2, 0.25) is 0 Å². The Kier molecular flexibility index (Phi) is 8.40. The summed E-state index contributed by atoms with van der Waals surface area (Å²) in [6, 6.07) is 21.6. The summed E-state index contributed by atoms with van der Waals surface area (Å²) in [5.74, 6) is 0.879. The van der Waals surface area contributed by atoms with Gasteiger partial charge >= 0.3 is 5.97 Å². The van der Waals surface area contributed by atoms with Crippen LogP contribution in [0.2, 0.25) is 5.02 Å². The van der Waals surface area contributed by atoms with Crippen molar-refractivity contribution in [1.82, 2.24) is 14.9 Å². The van der Waals surface area contributed by atoms with Crippen LogP contribution in [0.1, 0.15) is 65.4 Å². The number of benzene rings is 2. The third-order valence-electron chi connectivity index (χ3n) is 8.83. The highest BCUT2D eigenvalue weighted by molar-refractivity contribution is 7.80. The Hall–Kier alpha value is -3.88. The number of carbonyl (C=O) groups is 1. The number of hydrogen-bond donors (Lipinski definition) is 1. The van der Waals surface area contributed by atoms with Gasteiger partial charge in [-0.15, -0.1) is 0 Å². The van der Waals surface area contributed by atoms with Crippen molar-refractivity contribution in [2.75, 3.05) is 30.0 Å². The number of ether oxygens (including phenoxy) is 1. The Morgan fingerprint density at radius 2 is 1.77 bits per heavy atom. The normalized spacial score (nSPS) is 21.8. The maximum atomic E-state index is 12.3. The van der Waals surface area contributed by atoms with Crippen LogP contribution >= 0.6 is 23.8 Å². The first kappa shape index (κ1) is 30.2. The lowest BCUT2D eigenvalue weighted by atomic mass is 9.91. The number of piperidine rings is 1. The maximum Gasteiger partial charge on any atom is 0.337 e. The van der Waals surface area contributed by atoms with E-state index in [9.17, 15) is 4.79 Å². The van der Waals surface area contributed by atoms with Crippen LogP contribution in [0.25, 0.3) is 5.69 Å². The number of aryl methyl sites for hydroxylation is 1. The molecule has 0 spiro atoms. The molecule has 228 valence electrons. The predicted molar refractivity (Wildman–Crippen MR) is 181 cm³/mol. The third-order valence-corrected chi connectivity index (χ3v) is 9.45. The molecule has 4 aromatic rings. The maximum absolute atomic E-state index is 12.3. The molecule has 0 bridgehead atoms. The molecule has 2 aliphatic rings. The lowest BCUT2D eigenvalue weighted by molar-refractivity contribution is 0.0600. The van der Waals surface area contributed by atoms with E-state index in [-0.39, 0.29) is 18.1 Å². The third kappa shape index (κ3) is 5.57. The summed E-state index contributed by atoms with van der Waals surface area (Å²) in [6.07, 6.45) is 3.05. The van der Waals surface area contributed by atoms with Crippen LogP contribution in [0.15, 0.2) is 72.9 Å². The van der Waals surface area contributed by atoms with Crippen LogP contribution in [0.4, 0.5) is 11.4 Å². The van der Waals surface area contributed by atoms with Crippen molar-refractivity contribution >= 4 is 46.3 Å². The number of nitrogens with zero attached hydrogens (tertiary/aromatic N) is 4. The van der Waals surface area contributed by atoms with Crippen molar-refractivity contribution in [2.24, 2.45) is 11.8 Å². The van der Waals surface area contributed by atoms with Gasteiger partial charge in [-0.3, -0.25) is 4.98 Å². The molecule has 0 unspecified atom stereocenters. The van der Waals surface area contributed by atoms with E-state index in [1.807, 2.05) is 48.7 Å². The van der Waals surface area contributed by atoms with Gasteiger partial charge in [-0.05, 0) is 104 Å². The van der Waals surface area contributed by atoms with E-state index in [4.69, 9.17) is 33.5 Å². The minimum absolute atomic E-state index is 0.193. The first-order chi connectivity index (χ1) is 21.2. The Morgan fingerprint density at radius 3 is 2.45 bits per heavy atom. The topological polar surface area (TPSA) is 62.6 Å². The number of carbonyl (C=O) groups excluding carboxylic acids is 1. The van der Waals surface area contributed by atoms with Crippen molar-refractivity contribution in [1.29, 1.82) is 0 Å². The quantitative estimate of drug-likeness (QED) is 0.175. The van der Waals surface area contributed by atoms with Gasteiger partial charge in [0.25, 0.3) is 0 Å². The molecule has 4 heterocycles. The zero-order valence-corrected chi connectivity index (χ0v) is 27.3. The lowest BCUT2D eigenvalue weighted by Crippen LogP contribution is -2.38. The smallest absolute Gasteiger partial charge is 0.337 e. The summed E-state index contributed by atoms with van der Waals surface area (Å²) in [5.41, 5.74) is 7.48. The second-order valence-corrected chi connectivity index (χ2v) is 13.0. The molecule has 2 fully saturated rings. The van der Waals surface area contributed by atoms with E-state index < -0.39 is 0 Å². The molecule has 2 saturated heterocycles. The molecule has 0 saturated carbocycles. The second-order valence-electron chi connectivity index (χ2n) is 12.2. The van der Waals surface area contributed by atoms with E-state index in [2.05, 4.69) is 65.6 Å². The number of nitrogens with one attached hydrogen (secondary N) is 1. The van der Waals surface area contributed by atoms with Crippen molar-refractivity contribution in [3.05, 3.63) is 106 Å². The van der Waals surface area contributed by atoms with Gasteiger partial charge in [0.15, 0.2) is 5.11 Å². The standard InChI is InChI=1S/C35H38ClN5O2S/c1-21-15-22(2)20-39(19-21)31-13-12-27(18-29(31)36)41-33(32(38-35(41)44)30-11-6-7-14-37-30)28-16-23(3)40(24(28)4)26-10-8-9-25(17-26)34(42)43-5/h6-14,16-18,21-22,32-33H,15,19-20H2,1-5H3,(H,38,44)/t21-,22-,32-,33+/m0/s1. The first-order valence-electron chi connectivity index (χ1n) is 15.1. The van der Waals surface area contributed by atoms with Gasteiger partial charge in [-0.1, -0.05) is 37.6 Å². The lowest BCUT2D eigenvalue weighted by Gasteiger charge is -2.37. The summed E-state index contributed by atoms with van der Waals surface area (Å²) in [4.78, 5) is 21.6. The van der Waals surface area contributed by atoms with Gasteiger partial charge in [0.1, 0.15) is 0 Å². The molecule has 0 aliphatic carbocycles. The average molecular weight is 628 g/mol. The van der Waals surface area contributed by atoms with E-state index in [0.29, 0.717) is 22.5 Å². The number of anilines is 2. The van der Waals surface area contributed by atoms with Gasteiger partial charge in [-0.2, -0.15) is 0 Å². The Morgan fingerprint density at radius 1 is 1.00 bits per heavy atom. The minimum atomic E-state index is -0.366. The summed E-state index contributed by atoms with van der Waals surface area (Å²) in [5, 5.41) is 4.91. The number of thiocarbonyl (C=S) groups is 1. The van der Waals surface area contributed by atoms with Gasteiger partial charge < -0.3 is 24.4 Å². The molecule has 0 radical (unpaired) electrons. The van der Waals surface area contributed by atoms with Gasteiger partial charge in [0, 0.05) is 42.0 Å². The van der Waals surface area contributed by atoms with Crippen LogP contribution in [0.5, 0.6) is 0 Å². The summed E-state index contributed by atoms with van der Waals surface area (Å²) < 4.78 is 7.15. The zero-order chi connectivity index (χ0) is 31.1. The monoisotopic (exact) mass is 627 g/mol. The highest BCUT2D eigenvalue weighted by Gasteiger charge is 2.42. The van der Waals surface area contributed by atoms with E-state index >= 15 is 0 Å². The highest BCUT2D eigenvalue weighted by Crippen LogP contribution is 2.45. The van der Waals surface area contributed by atoms with Crippen LogP contribution < -0.4 is 15.1 Å². The summed E-state index contributed by atoms with van der Waals surface area (Å²) in [7, 11) is 1.40. The molecule has 1 N–H and O–H groups in total. The molecule has 2 aliphatic heterocycles. The minimum Gasteiger partial charge on any atom is -0.465 e. The number of aromatic nitrogens is 2. The van der Waals surface area contributed by atoms with Crippen molar-refractivity contribution < 1.29 is 9.53 Å². The number of halogens is 1. The van der Waals surface area contributed by atoms with Gasteiger partial charge in [0.05, 0.1) is 41.2 Å². The Labute approximate surface area is 269 Å². The Bertz CT molecular complexity index is 1700. The SMILES string of the molecule is COC(=O)c1cccc(-n2c(C)cc([C@@H]3[C@H](c4ccccn4)NC(=S)N3c3ccc(N4C[C@@H](C)C[C@H](C)C4)c(Cl)c3)c2C)c1. The molecule has 7 nitrogen and oxygen atoms in total. The van der Waals surface area contributed by atoms with Crippen molar-refractivity contribution in [2.45, 2.75) is 46.2 Å². The zero-order valence-electron chi connectivity index (χ0n) is 25.8. The van der Waals surface area contributed by atoms with Crippen LogP contribution in [0.3, 0.4) is 0 Å². The van der Waals surface area contributed by atoms with Gasteiger partial charge in [-0.25, -0.2) is 4.79 Å². The summed E-state index contributed by atoms with van der Waals surface area (Å²) >= 11 is 13.1. The fourth-order valence-electron chi connectivity index (χ4n) is 7.08. The number of rotatable bonds is 6. The number of esters is 1. The predicted octanol–water partition coefficient (Wildman–Crippen LogP) is 7.59. The molecular weight excluding hydrogens is 590 g/mol. The molecular formula is C35H38ClN5O2S. The number of hydrogen-bond acceptors (Lipinski definition) is 5. The van der Waals surface area contributed by atoms with Crippen LogP contribution in [0, 0.1) is 25.7 Å². The fraction of sp³-hybridized carbons (Fsp3) is 0.343. The second kappa shape index (κ2) is 12.3. The molecule has 4 atom stereocenters. The van der Waals surface area contributed by atoms with Crippen LogP contribution in [-0.2, 0) is 4.74 Å². The van der Waals surface area contributed by atoms with E-state index in [0.717, 1.165) is 57.8 Å². The highest BCUT2D eigenvalue weighted by atomic mass is 35.5.